The molecule has 4 N–H and O–H groups in total. The Morgan fingerprint density at radius 3 is 3.10 bits per heavy atom. The largest absolute Gasteiger partial charge is 0.368 e. The predicted octanol–water partition coefficient (Wildman–Crippen LogP) is 1.24. The van der Waals surface area contributed by atoms with Gasteiger partial charge in [0.1, 0.15) is 0 Å². The summed E-state index contributed by atoms with van der Waals surface area (Å²) in [5.74, 6) is -0.0277. The molecular formula is C13H14FN5O. The molecule has 1 atom stereocenters. The maximum atomic E-state index is 12.6. The smallest absolute Gasteiger partial charge is 0.253 e. The topological polar surface area (TPSA) is 96.7 Å². The lowest BCUT2D eigenvalue weighted by Gasteiger charge is -2.21. The second kappa shape index (κ2) is 4.92. The number of aromatic nitrogens is 3. The summed E-state index contributed by atoms with van der Waals surface area (Å²) in [5, 5.41) is 2.77. The van der Waals surface area contributed by atoms with Gasteiger partial charge in [0.15, 0.2) is 0 Å². The zero-order chi connectivity index (χ0) is 14.1. The fourth-order valence-electron chi connectivity index (χ4n) is 2.43. The van der Waals surface area contributed by atoms with Gasteiger partial charge in [0, 0.05) is 24.4 Å². The fraction of sp³-hybridized carbons (Fsp3) is 0.308. The highest BCUT2D eigenvalue weighted by Gasteiger charge is 2.28. The summed E-state index contributed by atoms with van der Waals surface area (Å²) in [4.78, 5) is 23.0. The van der Waals surface area contributed by atoms with E-state index in [0.29, 0.717) is 29.9 Å². The zero-order valence-electron chi connectivity index (χ0n) is 10.7. The molecule has 3 heterocycles. The van der Waals surface area contributed by atoms with Crippen molar-refractivity contribution in [2.24, 2.45) is 0 Å². The molecule has 2 aromatic heterocycles. The van der Waals surface area contributed by atoms with Crippen LogP contribution in [0.5, 0.6) is 0 Å². The van der Waals surface area contributed by atoms with E-state index in [1.54, 1.807) is 18.3 Å². The van der Waals surface area contributed by atoms with E-state index >= 15 is 0 Å². The number of hydrogen-bond donors (Lipinski definition) is 3. The van der Waals surface area contributed by atoms with Crippen molar-refractivity contribution >= 4 is 11.9 Å². The number of fused-ring (bicyclic) bond motifs is 1. The van der Waals surface area contributed by atoms with Crippen LogP contribution in [0.25, 0.3) is 11.4 Å². The SMILES string of the molecule is Nc1nccc(-c2cc3c([nH]2)[C@@H](CCF)CNC3=O)n1. The Morgan fingerprint density at radius 1 is 1.50 bits per heavy atom. The van der Waals surface area contributed by atoms with Crippen molar-refractivity contribution in [2.45, 2.75) is 12.3 Å². The van der Waals surface area contributed by atoms with E-state index in [0.717, 1.165) is 5.69 Å². The molecule has 3 rings (SSSR count). The predicted molar refractivity (Wildman–Crippen MR) is 71.9 cm³/mol. The Morgan fingerprint density at radius 2 is 2.35 bits per heavy atom. The molecule has 104 valence electrons. The van der Waals surface area contributed by atoms with Crippen LogP contribution in [0, 0.1) is 0 Å². The molecule has 7 heteroatoms. The fourth-order valence-corrected chi connectivity index (χ4v) is 2.43. The molecule has 0 radical (unpaired) electrons. The third-order valence-corrected chi connectivity index (χ3v) is 3.42. The number of aromatic amines is 1. The number of nitrogens with two attached hydrogens (primary N) is 1. The Kier molecular flexibility index (Phi) is 3.09. The van der Waals surface area contributed by atoms with Gasteiger partial charge in [-0.15, -0.1) is 0 Å². The van der Waals surface area contributed by atoms with E-state index < -0.39 is 6.67 Å². The number of carbonyl (C=O) groups is 1. The summed E-state index contributed by atoms with van der Waals surface area (Å²) in [7, 11) is 0. The van der Waals surface area contributed by atoms with Crippen LogP contribution in [0.3, 0.4) is 0 Å². The van der Waals surface area contributed by atoms with Gasteiger partial charge in [-0.1, -0.05) is 0 Å². The molecule has 20 heavy (non-hydrogen) atoms. The average molecular weight is 275 g/mol. The minimum Gasteiger partial charge on any atom is -0.368 e. The normalized spacial score (nSPS) is 17.6. The van der Waals surface area contributed by atoms with Crippen LogP contribution >= 0.6 is 0 Å². The van der Waals surface area contributed by atoms with Crippen LogP contribution in [-0.2, 0) is 0 Å². The van der Waals surface area contributed by atoms with Crippen LogP contribution in [0.2, 0.25) is 0 Å². The van der Waals surface area contributed by atoms with Crippen LogP contribution in [0.1, 0.15) is 28.4 Å². The van der Waals surface area contributed by atoms with E-state index in [1.807, 2.05) is 0 Å². The van der Waals surface area contributed by atoms with Crippen molar-refractivity contribution in [3.63, 3.8) is 0 Å². The number of amides is 1. The molecule has 0 aliphatic carbocycles. The van der Waals surface area contributed by atoms with Gasteiger partial charge in [-0.25, -0.2) is 9.97 Å². The minimum atomic E-state index is -0.422. The number of halogens is 1. The van der Waals surface area contributed by atoms with Gasteiger partial charge >= 0.3 is 0 Å². The Labute approximate surface area is 114 Å². The first-order valence-electron chi connectivity index (χ1n) is 6.35. The number of nitrogen functional groups attached to an aromatic ring is 1. The van der Waals surface area contributed by atoms with E-state index in [1.165, 1.54) is 0 Å². The van der Waals surface area contributed by atoms with Crippen LogP contribution in [-0.4, -0.2) is 34.1 Å². The number of H-pyrrole nitrogens is 1. The van der Waals surface area contributed by atoms with Crippen molar-refractivity contribution in [2.75, 3.05) is 19.0 Å². The number of nitrogens with one attached hydrogen (secondary N) is 2. The van der Waals surface area contributed by atoms with Gasteiger partial charge in [-0.3, -0.25) is 9.18 Å². The number of alkyl halides is 1. The summed E-state index contributed by atoms with van der Waals surface area (Å²) in [6, 6.07) is 3.42. The number of rotatable bonds is 3. The molecule has 0 fully saturated rings. The zero-order valence-corrected chi connectivity index (χ0v) is 10.7. The summed E-state index contributed by atoms with van der Waals surface area (Å²) < 4.78 is 12.6. The molecule has 1 aliphatic rings. The lowest BCUT2D eigenvalue weighted by atomic mass is 9.95. The van der Waals surface area contributed by atoms with Crippen LogP contribution in [0.15, 0.2) is 18.3 Å². The van der Waals surface area contributed by atoms with E-state index in [9.17, 15) is 9.18 Å². The quantitative estimate of drug-likeness (QED) is 0.785. The lowest BCUT2D eigenvalue weighted by Crippen LogP contribution is -2.34. The summed E-state index contributed by atoms with van der Waals surface area (Å²) in [6.07, 6.45) is 1.93. The molecule has 1 aliphatic heterocycles. The highest BCUT2D eigenvalue weighted by molar-refractivity contribution is 5.98. The molecule has 0 saturated heterocycles. The minimum absolute atomic E-state index is 0.0411. The monoisotopic (exact) mass is 275 g/mol. The second-order valence-corrected chi connectivity index (χ2v) is 4.70. The van der Waals surface area contributed by atoms with Crippen LogP contribution in [0.4, 0.5) is 10.3 Å². The Hall–Kier alpha value is -2.44. The first-order chi connectivity index (χ1) is 9.69. The molecule has 0 spiro atoms. The average Bonchev–Trinajstić information content (AvgIpc) is 2.88. The number of carbonyl (C=O) groups excluding carboxylic acids is 1. The van der Waals surface area contributed by atoms with Crippen molar-refractivity contribution < 1.29 is 9.18 Å². The molecule has 1 amide bonds. The first-order valence-corrected chi connectivity index (χ1v) is 6.35. The van der Waals surface area contributed by atoms with E-state index in [2.05, 4.69) is 20.3 Å². The van der Waals surface area contributed by atoms with Crippen molar-refractivity contribution in [1.29, 1.82) is 0 Å². The lowest BCUT2D eigenvalue weighted by molar-refractivity contribution is 0.0938. The molecule has 6 nitrogen and oxygen atoms in total. The second-order valence-electron chi connectivity index (χ2n) is 4.70. The van der Waals surface area contributed by atoms with Crippen LogP contribution < -0.4 is 11.1 Å². The van der Waals surface area contributed by atoms with Crippen molar-refractivity contribution in [3.05, 3.63) is 29.6 Å². The highest BCUT2D eigenvalue weighted by atomic mass is 19.1. The highest BCUT2D eigenvalue weighted by Crippen LogP contribution is 2.30. The van der Waals surface area contributed by atoms with Gasteiger partial charge < -0.3 is 16.0 Å². The third kappa shape index (κ3) is 2.11. The van der Waals surface area contributed by atoms with Gasteiger partial charge in [0.25, 0.3) is 5.91 Å². The number of hydrogen-bond acceptors (Lipinski definition) is 4. The standard InChI is InChI=1S/C13H14FN5O/c14-3-1-7-6-17-12(20)8-5-10(18-11(7)8)9-2-4-16-13(15)19-9/h2,4-5,7,18H,1,3,6H2,(H,17,20)(H2,15,16,19)/t7-/m0/s1. The summed E-state index contributed by atoms with van der Waals surface area (Å²) in [6.45, 7) is 0.0242. The maximum Gasteiger partial charge on any atom is 0.253 e. The Balaban J connectivity index is 2.04. The van der Waals surface area contributed by atoms with Crippen molar-refractivity contribution in [3.8, 4) is 11.4 Å². The summed E-state index contributed by atoms with van der Waals surface area (Å²) >= 11 is 0. The first kappa shape index (κ1) is 12.6. The number of nitrogens with zero attached hydrogens (tertiary/aromatic N) is 2. The molecule has 0 aromatic carbocycles. The van der Waals surface area contributed by atoms with Gasteiger partial charge in [-0.05, 0) is 18.6 Å². The number of anilines is 1. The van der Waals surface area contributed by atoms with E-state index in [4.69, 9.17) is 5.73 Å². The summed E-state index contributed by atoms with van der Waals surface area (Å²) in [5.41, 5.74) is 8.16. The van der Waals surface area contributed by atoms with Crippen molar-refractivity contribution in [1.82, 2.24) is 20.3 Å². The third-order valence-electron chi connectivity index (χ3n) is 3.42. The molecule has 0 saturated carbocycles. The molecule has 2 aromatic rings. The Bertz CT molecular complexity index is 654. The van der Waals surface area contributed by atoms with Gasteiger partial charge in [-0.2, -0.15) is 0 Å². The van der Waals surface area contributed by atoms with Gasteiger partial charge in [0.2, 0.25) is 5.95 Å². The molecule has 0 bridgehead atoms. The molecular weight excluding hydrogens is 261 g/mol. The molecule has 0 unspecified atom stereocenters. The van der Waals surface area contributed by atoms with Gasteiger partial charge in [0.05, 0.1) is 23.6 Å². The maximum absolute atomic E-state index is 12.6. The van der Waals surface area contributed by atoms with E-state index in [-0.39, 0.29) is 17.8 Å².